The molecule has 1 aliphatic heterocycles. The first-order valence-electron chi connectivity index (χ1n) is 22.2. The highest BCUT2D eigenvalue weighted by Gasteiger charge is 2.31. The SMILES string of the molecule is CC(C)(C)c1ccc(Nc2cc(N(c3ccccc3)c3ccccc3)ccc2-c2ccc3c4cc5sc6ccccc6c5cc4n4c3c2[B]c2sc3ccc(C(C)(C)C)cc3c2-4)cc1. The van der Waals surface area contributed by atoms with Crippen LogP contribution in [-0.4, -0.2) is 11.8 Å². The summed E-state index contributed by atoms with van der Waals surface area (Å²) in [4.78, 5) is 2.35. The number of hydrogen-bond donors (Lipinski definition) is 1. The van der Waals surface area contributed by atoms with Crippen LogP contribution in [0.1, 0.15) is 52.7 Å². The van der Waals surface area contributed by atoms with Crippen molar-refractivity contribution in [3.05, 3.63) is 181 Å². The van der Waals surface area contributed by atoms with Gasteiger partial charge in [-0.1, -0.05) is 133 Å². The molecule has 64 heavy (non-hydrogen) atoms. The molecule has 0 saturated carbocycles. The van der Waals surface area contributed by atoms with E-state index in [1.54, 1.807) is 0 Å². The van der Waals surface area contributed by atoms with Crippen molar-refractivity contribution < 1.29 is 0 Å². The van der Waals surface area contributed by atoms with Crippen molar-refractivity contribution in [2.75, 3.05) is 10.2 Å². The van der Waals surface area contributed by atoms with Crippen LogP contribution in [-0.2, 0) is 10.8 Å². The van der Waals surface area contributed by atoms with Crippen molar-refractivity contribution in [1.82, 2.24) is 4.57 Å². The largest absolute Gasteiger partial charge is 0.355 e. The summed E-state index contributed by atoms with van der Waals surface area (Å²) in [5, 5.41) is 10.5. The third-order valence-electron chi connectivity index (χ3n) is 13.1. The number of anilines is 5. The van der Waals surface area contributed by atoms with Crippen molar-refractivity contribution in [2.45, 2.75) is 52.4 Å². The highest BCUT2D eigenvalue weighted by molar-refractivity contribution is 7.29. The standard InChI is InChI=1S/C58H47BN3S2/c1-57(2,3)35-21-24-37(25-22-35)60-48-32-40(61(38-15-9-7-10-16-38)39-17-11-8-12-18-39)26-27-41(48)43-28-29-44-45-34-52-46(42-19-13-14-20-50(42)63-52)33-49(45)62-54(44)53(43)59-56-55(62)47-31-36(58(4,5)6)23-30-51(47)64-56/h7-34,60H,1-6H3. The molecule has 0 bridgehead atoms. The summed E-state index contributed by atoms with van der Waals surface area (Å²) in [6.45, 7) is 13.8. The number of hydrogen-bond acceptors (Lipinski definition) is 4. The average molecular weight is 861 g/mol. The van der Waals surface area contributed by atoms with Gasteiger partial charge in [0.25, 0.3) is 0 Å². The second kappa shape index (κ2) is 14.5. The molecule has 0 aliphatic carbocycles. The zero-order chi connectivity index (χ0) is 43.5. The lowest BCUT2D eigenvalue weighted by atomic mass is 9.63. The van der Waals surface area contributed by atoms with E-state index in [1.807, 2.05) is 22.7 Å². The fourth-order valence-corrected chi connectivity index (χ4v) is 12.1. The minimum atomic E-state index is 0.0293. The van der Waals surface area contributed by atoms with E-state index in [4.69, 9.17) is 0 Å². The summed E-state index contributed by atoms with van der Waals surface area (Å²) in [6, 6.07) is 63.0. The maximum Gasteiger partial charge on any atom is 0.211 e. The van der Waals surface area contributed by atoms with Gasteiger partial charge in [-0.05, 0) is 117 Å². The van der Waals surface area contributed by atoms with Gasteiger partial charge in [0.2, 0.25) is 7.28 Å². The van der Waals surface area contributed by atoms with Crippen LogP contribution in [0, 0.1) is 0 Å². The Morgan fingerprint density at radius 2 is 1.14 bits per heavy atom. The number of rotatable bonds is 6. The lowest BCUT2D eigenvalue weighted by Gasteiger charge is -2.27. The van der Waals surface area contributed by atoms with Crippen molar-refractivity contribution >= 4 is 121 Å². The van der Waals surface area contributed by atoms with E-state index in [0.717, 1.165) is 34.0 Å². The molecule has 3 nitrogen and oxygen atoms in total. The molecule has 0 amide bonds. The smallest absolute Gasteiger partial charge is 0.211 e. The Balaban J connectivity index is 1.12. The number of nitrogens with zero attached hydrogens (tertiary/aromatic N) is 2. The van der Waals surface area contributed by atoms with Crippen LogP contribution in [0.25, 0.3) is 68.9 Å². The Morgan fingerprint density at radius 3 is 1.86 bits per heavy atom. The zero-order valence-electron chi connectivity index (χ0n) is 37.0. The van der Waals surface area contributed by atoms with Crippen molar-refractivity contribution in [1.29, 1.82) is 0 Å². The van der Waals surface area contributed by atoms with Crippen LogP contribution in [0.4, 0.5) is 28.4 Å². The number of nitrogens with one attached hydrogen (secondary N) is 1. The molecule has 0 saturated heterocycles. The molecule has 12 rings (SSSR count). The Labute approximate surface area is 383 Å². The molecule has 1 aliphatic rings. The number of fused-ring (bicyclic) bond motifs is 10. The molecule has 309 valence electrons. The van der Waals surface area contributed by atoms with Crippen LogP contribution in [0.15, 0.2) is 170 Å². The van der Waals surface area contributed by atoms with Crippen LogP contribution in [0.3, 0.4) is 0 Å². The molecule has 3 aromatic heterocycles. The van der Waals surface area contributed by atoms with Gasteiger partial charge in [-0.15, -0.1) is 22.7 Å². The molecule has 1 N–H and O–H groups in total. The molecule has 4 heterocycles. The molecule has 0 atom stereocenters. The Bertz CT molecular complexity index is 3580. The summed E-state index contributed by atoms with van der Waals surface area (Å²) < 4.78 is 7.88. The lowest BCUT2D eigenvalue weighted by Crippen LogP contribution is -2.35. The summed E-state index contributed by atoms with van der Waals surface area (Å²) in [6.07, 6.45) is 0. The zero-order valence-corrected chi connectivity index (χ0v) is 38.6. The summed E-state index contributed by atoms with van der Waals surface area (Å²) in [5.41, 5.74) is 15.6. The molecule has 0 fully saturated rings. The van der Waals surface area contributed by atoms with E-state index in [-0.39, 0.29) is 10.8 Å². The Morgan fingerprint density at radius 1 is 0.484 bits per heavy atom. The molecule has 1 radical (unpaired) electrons. The summed E-state index contributed by atoms with van der Waals surface area (Å²) >= 11 is 3.80. The van der Waals surface area contributed by atoms with Gasteiger partial charge < -0.3 is 14.8 Å². The van der Waals surface area contributed by atoms with Crippen molar-refractivity contribution in [3.63, 3.8) is 0 Å². The predicted octanol–water partition coefficient (Wildman–Crippen LogP) is 15.8. The maximum absolute atomic E-state index is 3.96. The average Bonchev–Trinajstić information content (AvgIpc) is 3.95. The van der Waals surface area contributed by atoms with E-state index in [9.17, 15) is 0 Å². The molecule has 0 spiro atoms. The van der Waals surface area contributed by atoms with Gasteiger partial charge >= 0.3 is 0 Å². The predicted molar refractivity (Wildman–Crippen MR) is 281 cm³/mol. The monoisotopic (exact) mass is 860 g/mol. The molecular weight excluding hydrogens is 814 g/mol. The number of para-hydroxylation sites is 2. The number of thiophene rings is 2. The fourth-order valence-electron chi connectivity index (χ4n) is 9.81. The quantitative estimate of drug-likeness (QED) is 0.168. The normalized spacial score (nSPS) is 12.7. The van der Waals surface area contributed by atoms with E-state index in [1.165, 1.54) is 84.7 Å². The second-order valence-electron chi connectivity index (χ2n) is 19.3. The van der Waals surface area contributed by atoms with Crippen molar-refractivity contribution in [3.8, 4) is 16.8 Å². The van der Waals surface area contributed by atoms with E-state index < -0.39 is 0 Å². The van der Waals surface area contributed by atoms with Crippen LogP contribution in [0.5, 0.6) is 0 Å². The third kappa shape index (κ3) is 6.29. The Hall–Kier alpha value is -6.60. The highest BCUT2D eigenvalue weighted by Crippen LogP contribution is 2.46. The Kier molecular flexibility index (Phi) is 8.82. The van der Waals surface area contributed by atoms with Gasteiger partial charge in [-0.3, -0.25) is 0 Å². The van der Waals surface area contributed by atoms with E-state index in [0.29, 0.717) is 0 Å². The first-order valence-corrected chi connectivity index (χ1v) is 23.9. The molecular formula is C58H47BN3S2. The fraction of sp³-hybridized carbons (Fsp3) is 0.138. The van der Waals surface area contributed by atoms with Crippen molar-refractivity contribution in [2.24, 2.45) is 0 Å². The van der Waals surface area contributed by atoms with Gasteiger partial charge in [0.1, 0.15) is 0 Å². The second-order valence-corrected chi connectivity index (χ2v) is 21.5. The minimum Gasteiger partial charge on any atom is -0.355 e. The third-order valence-corrected chi connectivity index (χ3v) is 15.4. The summed E-state index contributed by atoms with van der Waals surface area (Å²) in [7, 11) is 2.49. The first kappa shape index (κ1) is 39.0. The highest BCUT2D eigenvalue weighted by atomic mass is 32.1. The van der Waals surface area contributed by atoms with E-state index >= 15 is 0 Å². The van der Waals surface area contributed by atoms with Crippen LogP contribution in [0.2, 0.25) is 0 Å². The molecule has 11 aromatic rings. The molecule has 8 aromatic carbocycles. The summed E-state index contributed by atoms with van der Waals surface area (Å²) in [5.74, 6) is 0. The molecule has 0 unspecified atom stereocenters. The topological polar surface area (TPSA) is 20.2 Å². The number of benzene rings is 8. The number of aromatic nitrogens is 1. The minimum absolute atomic E-state index is 0.0293. The van der Waals surface area contributed by atoms with Crippen LogP contribution < -0.4 is 20.5 Å². The van der Waals surface area contributed by atoms with Gasteiger partial charge in [-0.2, -0.15) is 0 Å². The first-order chi connectivity index (χ1) is 31.0. The molecule has 6 heteroatoms. The van der Waals surface area contributed by atoms with Gasteiger partial charge in [-0.25, -0.2) is 0 Å². The lowest BCUT2D eigenvalue weighted by molar-refractivity contribution is 0.590. The van der Waals surface area contributed by atoms with Gasteiger partial charge in [0.15, 0.2) is 0 Å². The van der Waals surface area contributed by atoms with Gasteiger partial charge in [0.05, 0.1) is 11.2 Å². The van der Waals surface area contributed by atoms with Gasteiger partial charge in [0, 0.05) is 80.5 Å². The van der Waals surface area contributed by atoms with E-state index in [2.05, 4.69) is 233 Å². The van der Waals surface area contributed by atoms with Crippen LogP contribution >= 0.6 is 22.7 Å². The maximum atomic E-state index is 3.96.